The van der Waals surface area contributed by atoms with E-state index in [1.807, 2.05) is 0 Å². The summed E-state index contributed by atoms with van der Waals surface area (Å²) < 4.78 is 26.0. The zero-order valence-electron chi connectivity index (χ0n) is 7.72. The topological polar surface area (TPSA) is 140 Å². The summed E-state index contributed by atoms with van der Waals surface area (Å²) in [6.45, 7) is 0. The number of nitrogen functional groups attached to an aromatic ring is 1. The van der Waals surface area contributed by atoms with Crippen molar-refractivity contribution in [2.75, 3.05) is 5.73 Å². The van der Waals surface area contributed by atoms with Gasteiger partial charge in [0.1, 0.15) is 11.0 Å². The molecule has 2 aromatic rings. The minimum atomic E-state index is -4.20. The van der Waals surface area contributed by atoms with Gasteiger partial charge in [-0.05, 0) is 23.7 Å². The van der Waals surface area contributed by atoms with Crippen molar-refractivity contribution < 1.29 is 8.42 Å². The summed E-state index contributed by atoms with van der Waals surface area (Å²) in [6.07, 6.45) is 0. The molecule has 2 rings (SSSR count). The second kappa shape index (κ2) is 3.36. The Bertz CT molecular complexity index is 697. The molecule has 0 atom stereocenters. The van der Waals surface area contributed by atoms with Crippen LogP contribution < -0.4 is 5.73 Å². The second-order valence-electron chi connectivity index (χ2n) is 2.83. The average molecular weight is 239 g/mol. The molecule has 0 aliphatic heterocycles. The minimum absolute atomic E-state index is 0.196. The van der Waals surface area contributed by atoms with Crippen LogP contribution in [0.3, 0.4) is 0 Å². The number of aromatic nitrogens is 3. The van der Waals surface area contributed by atoms with Crippen LogP contribution in [0.5, 0.6) is 0 Å². The predicted octanol–water partition coefficient (Wildman–Crippen LogP) is 0.417. The molecule has 0 spiro atoms. The maximum Gasteiger partial charge on any atom is 0.345 e. The predicted molar refractivity (Wildman–Crippen MR) is 55.4 cm³/mol. The van der Waals surface area contributed by atoms with Crippen LogP contribution in [0.4, 0.5) is 5.69 Å². The summed E-state index contributed by atoms with van der Waals surface area (Å²) in [7, 11) is -4.20. The Morgan fingerprint density at radius 2 is 2.25 bits per heavy atom. The minimum Gasteiger partial charge on any atom is -0.399 e. The van der Waals surface area contributed by atoms with Gasteiger partial charge in [0.25, 0.3) is 0 Å². The van der Waals surface area contributed by atoms with Crippen molar-refractivity contribution in [3.8, 4) is 0 Å². The number of rotatable bonds is 2. The van der Waals surface area contributed by atoms with Crippen LogP contribution in [0.15, 0.2) is 22.7 Å². The van der Waals surface area contributed by atoms with E-state index in [2.05, 4.69) is 19.7 Å². The molecule has 0 radical (unpaired) electrons. The van der Waals surface area contributed by atoms with Gasteiger partial charge in [0, 0.05) is 10.6 Å². The Labute approximate surface area is 89.3 Å². The van der Waals surface area contributed by atoms with Gasteiger partial charge < -0.3 is 5.73 Å². The van der Waals surface area contributed by atoms with E-state index in [0.717, 1.165) is 0 Å². The molecule has 2 N–H and O–H groups in total. The molecule has 1 aromatic heterocycles. The van der Waals surface area contributed by atoms with Gasteiger partial charge in [0.2, 0.25) is 0 Å². The molecule has 0 aliphatic carbocycles. The van der Waals surface area contributed by atoms with Crippen molar-refractivity contribution >= 4 is 26.9 Å². The molecule has 0 unspecified atom stereocenters. The SMILES string of the molecule is [N-]=[N+]=NS(=O)(=O)n1nnc2cc(N)ccc21. The first-order valence-corrected chi connectivity index (χ1v) is 5.37. The van der Waals surface area contributed by atoms with Crippen LogP contribution in [0, 0.1) is 0 Å². The van der Waals surface area contributed by atoms with E-state index in [4.69, 9.17) is 11.3 Å². The molecular formula is C6H5N7O2S. The molecule has 0 amide bonds. The zero-order valence-corrected chi connectivity index (χ0v) is 8.53. The number of fused-ring (bicyclic) bond motifs is 1. The number of benzene rings is 1. The average Bonchev–Trinajstić information content (AvgIpc) is 2.60. The summed E-state index contributed by atoms with van der Waals surface area (Å²) in [5.41, 5.74) is 14.5. The molecule has 82 valence electrons. The fourth-order valence-electron chi connectivity index (χ4n) is 1.17. The first kappa shape index (κ1) is 10.2. The zero-order chi connectivity index (χ0) is 11.8. The summed E-state index contributed by atoms with van der Waals surface area (Å²) in [5.74, 6) is 0. The van der Waals surface area contributed by atoms with Gasteiger partial charge in [-0.15, -0.1) is 9.19 Å². The quantitative estimate of drug-likeness (QED) is 0.350. The number of nitrogens with zero attached hydrogens (tertiary/aromatic N) is 6. The van der Waals surface area contributed by atoms with Gasteiger partial charge in [0.05, 0.1) is 4.52 Å². The first-order valence-electron chi connectivity index (χ1n) is 3.97. The van der Waals surface area contributed by atoms with Crippen molar-refractivity contribution in [1.82, 2.24) is 14.4 Å². The van der Waals surface area contributed by atoms with Crippen LogP contribution >= 0.6 is 0 Å². The van der Waals surface area contributed by atoms with Crippen LogP contribution in [-0.4, -0.2) is 22.8 Å². The lowest BCUT2D eigenvalue weighted by Gasteiger charge is -1.96. The van der Waals surface area contributed by atoms with Crippen molar-refractivity contribution in [2.45, 2.75) is 0 Å². The Morgan fingerprint density at radius 1 is 1.50 bits per heavy atom. The van der Waals surface area contributed by atoms with Crippen molar-refractivity contribution in [2.24, 2.45) is 4.52 Å². The lowest BCUT2D eigenvalue weighted by molar-refractivity contribution is 0.581. The fraction of sp³-hybridized carbons (Fsp3) is 0. The van der Waals surface area contributed by atoms with E-state index in [1.165, 1.54) is 18.2 Å². The largest absolute Gasteiger partial charge is 0.399 e. The number of hydrogen-bond acceptors (Lipinski definition) is 5. The van der Waals surface area contributed by atoms with E-state index < -0.39 is 10.2 Å². The molecular weight excluding hydrogens is 234 g/mol. The number of hydrogen-bond donors (Lipinski definition) is 1. The Balaban J connectivity index is 2.77. The molecule has 9 nitrogen and oxygen atoms in total. The van der Waals surface area contributed by atoms with E-state index in [0.29, 0.717) is 15.3 Å². The van der Waals surface area contributed by atoms with E-state index in [1.54, 1.807) is 0 Å². The molecule has 1 heterocycles. The maximum atomic E-state index is 11.4. The highest BCUT2D eigenvalue weighted by atomic mass is 32.2. The Kier molecular flexibility index (Phi) is 2.15. The summed E-state index contributed by atoms with van der Waals surface area (Å²) in [6, 6.07) is 4.38. The van der Waals surface area contributed by atoms with Gasteiger partial charge in [0.15, 0.2) is 0 Å². The van der Waals surface area contributed by atoms with E-state index in [-0.39, 0.29) is 5.52 Å². The van der Waals surface area contributed by atoms with E-state index in [9.17, 15) is 8.42 Å². The molecule has 1 aromatic carbocycles. The van der Waals surface area contributed by atoms with Gasteiger partial charge in [-0.2, -0.15) is 8.42 Å². The van der Waals surface area contributed by atoms with Crippen molar-refractivity contribution in [3.63, 3.8) is 0 Å². The molecule has 16 heavy (non-hydrogen) atoms. The fourth-order valence-corrected chi connectivity index (χ4v) is 1.86. The highest BCUT2D eigenvalue weighted by molar-refractivity contribution is 7.88. The van der Waals surface area contributed by atoms with Crippen LogP contribution in [0.2, 0.25) is 0 Å². The summed E-state index contributed by atoms with van der Waals surface area (Å²) in [5, 5.41) is 6.98. The Morgan fingerprint density at radius 3 is 2.94 bits per heavy atom. The smallest absolute Gasteiger partial charge is 0.345 e. The third-order valence-electron chi connectivity index (χ3n) is 1.80. The van der Waals surface area contributed by atoms with Crippen LogP contribution in [0.1, 0.15) is 0 Å². The van der Waals surface area contributed by atoms with Crippen molar-refractivity contribution in [1.29, 1.82) is 0 Å². The van der Waals surface area contributed by atoms with Gasteiger partial charge in [-0.1, -0.05) is 5.21 Å². The van der Waals surface area contributed by atoms with Crippen LogP contribution in [0.25, 0.3) is 21.5 Å². The van der Waals surface area contributed by atoms with E-state index >= 15 is 0 Å². The van der Waals surface area contributed by atoms with Gasteiger partial charge in [-0.3, -0.25) is 0 Å². The molecule has 0 saturated carbocycles. The number of azide groups is 1. The summed E-state index contributed by atoms with van der Waals surface area (Å²) >= 11 is 0. The number of nitrogens with two attached hydrogens (primary N) is 1. The second-order valence-corrected chi connectivity index (χ2v) is 4.23. The van der Waals surface area contributed by atoms with Crippen LogP contribution in [-0.2, 0) is 10.2 Å². The third kappa shape index (κ3) is 1.51. The third-order valence-corrected chi connectivity index (χ3v) is 2.78. The molecule has 0 aliphatic rings. The number of anilines is 1. The standard InChI is InChI=1S/C6H5N7O2S/c7-4-1-2-6-5(3-4)9-11-13(6)16(14,15)12-10-8/h1-3H,7H2. The highest BCUT2D eigenvalue weighted by Crippen LogP contribution is 2.16. The Hall–Kier alpha value is -2.32. The molecule has 0 bridgehead atoms. The maximum absolute atomic E-state index is 11.4. The molecule has 0 fully saturated rings. The lowest BCUT2D eigenvalue weighted by atomic mass is 10.3. The lowest BCUT2D eigenvalue weighted by Crippen LogP contribution is -2.10. The van der Waals surface area contributed by atoms with Crippen molar-refractivity contribution in [3.05, 3.63) is 28.6 Å². The van der Waals surface area contributed by atoms with Gasteiger partial charge >= 0.3 is 10.2 Å². The normalized spacial score (nSPS) is 11.2. The molecule has 0 saturated heterocycles. The first-order chi connectivity index (χ1) is 7.54. The monoisotopic (exact) mass is 239 g/mol. The summed E-state index contributed by atoms with van der Waals surface area (Å²) in [4.78, 5) is 2.21. The molecule has 10 heteroatoms. The van der Waals surface area contributed by atoms with Gasteiger partial charge in [-0.25, -0.2) is 0 Å². The highest BCUT2D eigenvalue weighted by Gasteiger charge is 2.16.